The Kier molecular flexibility index (Phi) is 111. The number of hydrogen-bond acceptors (Lipinski definition) is 10. The SMILES string of the molecule is Cc1cc2nc3c(=O)[nH]c(=O)[nH]c3[n+](CC(O)C(O)C(O)COP(=O)(O)OP(=O)(O)[OH2+])c2cc1C.O.O.[Ac].[Ac].[Ac].[Ac].[Ac].[Ac].[Ac].[Ac].[Ac].[Ac].[NH2-].[NH2-].[NH2-].[NH2-].[NH2-].[OH3+]. The molecule has 24 nitrogen and oxygen atoms in total. The summed E-state index contributed by atoms with van der Waals surface area (Å²) < 4.78 is 31.7. The quantitative estimate of drug-likeness (QED) is 0.0571. The second-order valence-electron chi connectivity index (χ2n) is 7.74. The Balaban J connectivity index is -0.0000000543. The number of aliphatic hydroxyl groups is 3. The Hall–Kier alpha value is 11.7. The number of aromatic amines is 2. The van der Waals surface area contributed by atoms with Crippen LogP contribution in [0.3, 0.4) is 0 Å². The molecule has 0 saturated carbocycles. The monoisotopic (exact) mass is 2940 g/mol. The molecule has 3 aromatic rings. The summed E-state index contributed by atoms with van der Waals surface area (Å²) in [6.07, 6.45) is -5.78. The van der Waals surface area contributed by atoms with Crippen LogP contribution in [0, 0.1) is 454 Å². The van der Waals surface area contributed by atoms with Crippen LogP contribution >= 0.6 is 15.6 Å². The van der Waals surface area contributed by atoms with Gasteiger partial charge in [0.05, 0.1) is 6.61 Å². The van der Waals surface area contributed by atoms with Gasteiger partial charge in [0.1, 0.15) is 30.4 Å². The zero-order chi connectivity index (χ0) is 26.3. The minimum absolute atomic E-state index is 0. The predicted molar refractivity (Wildman–Crippen MR) is 157 cm³/mol. The smallest absolute Gasteiger partial charge is 0.640 e. The number of nitrogens with two attached hydrogens (primary N) is 5. The van der Waals surface area contributed by atoms with Gasteiger partial charge in [-0.1, -0.05) is 0 Å². The van der Waals surface area contributed by atoms with Gasteiger partial charge >= 0.3 is 27.0 Å². The van der Waals surface area contributed by atoms with Crippen LogP contribution in [0.1, 0.15) is 11.1 Å². The van der Waals surface area contributed by atoms with E-state index in [0.29, 0.717) is 11.0 Å². The largest absolute Gasteiger partial charge is 0.693 e. The summed E-state index contributed by atoms with van der Waals surface area (Å²) in [5, 5.41) is 31.0. The van der Waals surface area contributed by atoms with Gasteiger partial charge in [-0.25, -0.2) is 18.9 Å². The fourth-order valence-electron chi connectivity index (χ4n) is 3.27. The first-order valence-electron chi connectivity index (χ1n) is 9.86. The maximum Gasteiger partial charge on any atom is 0.640 e. The van der Waals surface area contributed by atoms with Crippen LogP contribution in [-0.2, 0) is 30.0 Å². The average Bonchev–Trinajstić information content (AvgIpc) is 2.71. The van der Waals surface area contributed by atoms with E-state index in [1.54, 1.807) is 19.1 Å². The third-order valence-electron chi connectivity index (χ3n) is 5.06. The molecule has 0 spiro atoms. The second kappa shape index (κ2) is 53.1. The van der Waals surface area contributed by atoms with Crippen molar-refractivity contribution < 1.29 is 510 Å². The van der Waals surface area contributed by atoms with Crippen LogP contribution in [0.5, 0.6) is 0 Å². The Morgan fingerprint density at radius 3 is 1.62 bits per heavy atom. The van der Waals surface area contributed by atoms with Crippen LogP contribution in [0.25, 0.3) is 53.0 Å². The molecule has 36 heteroatoms. The Morgan fingerprint density at radius 1 is 0.792 bits per heavy atom. The first-order chi connectivity index (χ1) is 16.1. The van der Waals surface area contributed by atoms with Crippen molar-refractivity contribution in [3.05, 3.63) is 74.9 Å². The van der Waals surface area contributed by atoms with E-state index in [0.717, 1.165) is 11.1 Å². The van der Waals surface area contributed by atoms with Gasteiger partial charge in [0, 0.05) is 441 Å². The minimum Gasteiger partial charge on any atom is -0.693 e. The summed E-state index contributed by atoms with van der Waals surface area (Å²) in [5.41, 5.74) is 0.501. The molecule has 1 aromatic carbocycles. The molecule has 53 heavy (non-hydrogen) atoms. The fraction of sp³-hybridized carbons (Fsp3) is 0.412. The van der Waals surface area contributed by atoms with Gasteiger partial charge in [0.15, 0.2) is 5.52 Å². The maximum atomic E-state index is 12.3. The average molecular weight is 2940 g/mol. The van der Waals surface area contributed by atoms with Crippen LogP contribution in [0.2, 0.25) is 0 Å². The van der Waals surface area contributed by atoms with Gasteiger partial charge in [0.2, 0.25) is 5.52 Å². The van der Waals surface area contributed by atoms with Gasteiger partial charge in [-0.15, -0.1) is 4.31 Å². The molecule has 5 unspecified atom stereocenters. The third kappa shape index (κ3) is 38.2. The van der Waals surface area contributed by atoms with Gasteiger partial charge in [-0.05, 0) is 37.1 Å². The van der Waals surface area contributed by atoms with Gasteiger partial charge in [0.25, 0.3) is 5.56 Å². The van der Waals surface area contributed by atoms with Crippen LogP contribution < -0.4 is 15.8 Å². The Labute approximate surface area is 663 Å². The Morgan fingerprint density at radius 2 is 1.21 bits per heavy atom. The number of fused-ring (bicyclic) bond motifs is 2. The number of H-pyrrole nitrogens is 2. The van der Waals surface area contributed by atoms with Crippen molar-refractivity contribution in [2.75, 3.05) is 6.61 Å². The van der Waals surface area contributed by atoms with Crippen molar-refractivity contribution in [1.29, 1.82) is 0 Å². The van der Waals surface area contributed by atoms with Gasteiger partial charge in [-0.3, -0.25) is 19.2 Å². The minimum atomic E-state index is -5.24. The van der Waals surface area contributed by atoms with E-state index in [2.05, 4.69) is 18.8 Å². The van der Waals surface area contributed by atoms with Crippen molar-refractivity contribution in [2.45, 2.75) is 38.7 Å². The summed E-state index contributed by atoms with van der Waals surface area (Å²) in [5.74, 6) is 0. The van der Waals surface area contributed by atoms with E-state index in [-0.39, 0.29) is 499 Å². The molecule has 0 fully saturated rings. The molecule has 5 atom stereocenters. The summed E-state index contributed by atoms with van der Waals surface area (Å²) >= 11 is 0. The summed E-state index contributed by atoms with van der Waals surface area (Å²) in [6, 6.07) is 3.37. The topological polar surface area (TPSA) is 523 Å². The van der Waals surface area contributed by atoms with E-state index in [1.807, 2.05) is 11.9 Å². The van der Waals surface area contributed by atoms with E-state index in [4.69, 9.17) is 9.79 Å². The van der Waals surface area contributed by atoms with Crippen molar-refractivity contribution in [1.82, 2.24) is 15.0 Å². The number of rotatable bonds is 9. The first-order valence-corrected chi connectivity index (χ1v) is 12.9. The molecular formula is C17H41Ac10N9O15P2-2. The normalized spacial score (nSPS) is 12.0. The molecule has 3 rings (SSSR count). The van der Waals surface area contributed by atoms with Crippen molar-refractivity contribution in [3.8, 4) is 0 Å². The number of nitrogens with one attached hydrogen (secondary N) is 2. The number of hydrogen-bond donors (Lipinski definition) is 7. The molecule has 2 aromatic heterocycles. The van der Waals surface area contributed by atoms with Crippen LogP contribution in [0.15, 0.2) is 21.7 Å². The number of aromatic nitrogens is 4. The van der Waals surface area contributed by atoms with E-state index in [1.165, 1.54) is 4.57 Å². The molecular weight excluding hydrogens is 2900 g/mol. The number of aryl methyl sites for hydroxylation is 2. The number of phosphoric acid groups is 1. The summed E-state index contributed by atoms with van der Waals surface area (Å²) in [7, 11) is -10.4. The fourth-order valence-corrected chi connectivity index (χ4v) is 4.92. The number of aliphatic hydroxyl groups excluding tert-OH is 3. The van der Waals surface area contributed by atoms with E-state index < -0.39 is 58.4 Å². The molecule has 10 radical (unpaired) electrons. The summed E-state index contributed by atoms with van der Waals surface area (Å²) in [4.78, 5) is 57.6. The zero-order valence-electron chi connectivity index (χ0n) is 28.5. The molecule has 2 heterocycles. The molecule has 0 bridgehead atoms. The Bertz CT molecular complexity index is 1540. The molecule has 286 valence electrons. The van der Waals surface area contributed by atoms with Crippen molar-refractivity contribution in [2.24, 2.45) is 0 Å². The standard InChI is InChI=1S/C17H22N4O12P2.10Ac.5H2N.3H2O/c1-7-3-9-10(4-8(7)2)21(15-13(18-9)16(25)20-17(26)19-15)5-11(22)14(24)12(23)6-32-35(30,31)33-34(27,28)29;;;;;;;;;;;;;;;;;;/h3-4,11-12,14,22-24H,5-6H2,1-2H3,(H4,20,25,26,27,28,29,30,31);;;;;;;;;;;8*1H2/q;;;;;;;;;;;5*-1;;;/p+3. The van der Waals surface area contributed by atoms with Crippen LogP contribution in [-0.4, -0.2) is 80.8 Å². The molecule has 0 aliphatic carbocycles. The molecule has 0 amide bonds. The molecule has 0 aliphatic heterocycles. The van der Waals surface area contributed by atoms with Crippen molar-refractivity contribution >= 4 is 37.8 Å². The first kappa shape index (κ1) is 111. The third-order valence-corrected chi connectivity index (χ3v) is 7.25. The second-order valence-corrected chi connectivity index (χ2v) is 10.6. The molecule has 0 saturated heterocycles. The van der Waals surface area contributed by atoms with Crippen LogP contribution in [0.4, 0.5) is 0 Å². The molecule has 26 N–H and O–H groups in total. The van der Waals surface area contributed by atoms with E-state index in [9.17, 15) is 38.9 Å². The van der Waals surface area contributed by atoms with E-state index >= 15 is 0 Å². The van der Waals surface area contributed by atoms with Gasteiger partial charge in [-0.2, -0.15) is 9.55 Å². The number of benzene rings is 1. The maximum absolute atomic E-state index is 12.3. The number of nitrogens with zero attached hydrogens (tertiary/aromatic N) is 2. The molecule has 0 aliphatic rings. The zero-order valence-corrected chi connectivity index (χ0v) is 77.8. The predicted octanol–water partition coefficient (Wildman–Crippen LogP) is -1.28. The van der Waals surface area contributed by atoms with Crippen molar-refractivity contribution in [3.63, 3.8) is 0 Å². The number of phosphoric ester groups is 1. The van der Waals surface area contributed by atoms with Gasteiger partial charge < -0.3 is 72.3 Å². The summed E-state index contributed by atoms with van der Waals surface area (Å²) in [6.45, 7) is 2.01.